The number of pyridine rings is 1. The largest absolute Gasteiger partial charge is 0.366 e. The minimum absolute atomic E-state index is 0.0204. The van der Waals surface area contributed by atoms with E-state index in [1.54, 1.807) is 35.2 Å². The number of anilines is 1. The second-order valence-electron chi connectivity index (χ2n) is 7.08. The lowest BCUT2D eigenvalue weighted by atomic mass is 10.2. The number of para-hydroxylation sites is 1. The van der Waals surface area contributed by atoms with E-state index in [9.17, 15) is 18.8 Å². The van der Waals surface area contributed by atoms with Gasteiger partial charge in [0.05, 0.1) is 11.3 Å². The molecule has 1 aromatic carbocycles. The summed E-state index contributed by atoms with van der Waals surface area (Å²) in [5.41, 5.74) is 1.04. The number of piperazine rings is 1. The van der Waals surface area contributed by atoms with Crippen LogP contribution in [0, 0.1) is 5.82 Å². The van der Waals surface area contributed by atoms with Gasteiger partial charge in [-0.15, -0.1) is 0 Å². The van der Waals surface area contributed by atoms with Crippen LogP contribution in [-0.2, 0) is 4.79 Å². The van der Waals surface area contributed by atoms with E-state index in [2.05, 4.69) is 4.98 Å². The van der Waals surface area contributed by atoms with Crippen LogP contribution in [-0.4, -0.2) is 65.2 Å². The van der Waals surface area contributed by atoms with Crippen molar-refractivity contribution in [3.8, 4) is 0 Å². The van der Waals surface area contributed by atoms with Crippen LogP contribution in [0.15, 0.2) is 42.6 Å². The lowest BCUT2D eigenvalue weighted by molar-refractivity contribution is -0.131. The normalized spacial score (nSPS) is 16.4. The molecule has 2 aliphatic rings. The van der Waals surface area contributed by atoms with Crippen LogP contribution in [0.5, 0.6) is 0 Å². The van der Waals surface area contributed by atoms with Gasteiger partial charge in [0, 0.05) is 45.3 Å². The van der Waals surface area contributed by atoms with Gasteiger partial charge in [-0.1, -0.05) is 12.1 Å². The maximum absolute atomic E-state index is 13.9. The van der Waals surface area contributed by atoms with E-state index in [1.165, 1.54) is 12.3 Å². The number of amides is 3. The van der Waals surface area contributed by atoms with Crippen LogP contribution >= 0.6 is 0 Å². The van der Waals surface area contributed by atoms with E-state index >= 15 is 0 Å². The van der Waals surface area contributed by atoms with E-state index in [4.69, 9.17) is 0 Å². The Bertz CT molecular complexity index is 921. The molecule has 0 unspecified atom stereocenters. The maximum Gasteiger partial charge on any atom is 0.280 e. The van der Waals surface area contributed by atoms with Gasteiger partial charge in [0.1, 0.15) is 11.5 Å². The van der Waals surface area contributed by atoms with Crippen molar-refractivity contribution in [3.63, 3.8) is 0 Å². The Hall–Kier alpha value is -3.29. The molecule has 2 aliphatic heterocycles. The standard InChI is InChI=1S/C21H21FN4O3/c22-16-6-1-2-7-17(16)24-11-13-25(14-12-24)18(27)8-4-10-26-20(28)15-5-3-9-23-19(15)21(26)29/h1-3,5-7,9H,4,8,10-14H2. The first kappa shape index (κ1) is 19.0. The van der Waals surface area contributed by atoms with Gasteiger partial charge in [0.15, 0.2) is 0 Å². The summed E-state index contributed by atoms with van der Waals surface area (Å²) >= 11 is 0. The van der Waals surface area contributed by atoms with Gasteiger partial charge in [-0.2, -0.15) is 0 Å². The highest BCUT2D eigenvalue weighted by atomic mass is 19.1. The van der Waals surface area contributed by atoms with Gasteiger partial charge in [-0.05, 0) is 30.7 Å². The average Bonchev–Trinajstić information content (AvgIpc) is 2.99. The van der Waals surface area contributed by atoms with Crippen molar-refractivity contribution in [1.29, 1.82) is 0 Å². The molecule has 1 aromatic heterocycles. The zero-order valence-electron chi connectivity index (χ0n) is 15.9. The van der Waals surface area contributed by atoms with E-state index in [0.717, 1.165) is 4.90 Å². The third-order valence-corrected chi connectivity index (χ3v) is 5.33. The molecule has 8 heteroatoms. The molecule has 2 aromatic rings. The predicted octanol–water partition coefficient (Wildman–Crippen LogP) is 1.95. The Morgan fingerprint density at radius 2 is 1.76 bits per heavy atom. The van der Waals surface area contributed by atoms with Crippen molar-refractivity contribution in [2.75, 3.05) is 37.6 Å². The number of carbonyl (C=O) groups excluding carboxylic acids is 3. The molecule has 150 valence electrons. The third kappa shape index (κ3) is 3.70. The summed E-state index contributed by atoms with van der Waals surface area (Å²) in [4.78, 5) is 45.9. The maximum atomic E-state index is 13.9. The van der Waals surface area contributed by atoms with Gasteiger partial charge in [0.2, 0.25) is 5.91 Å². The smallest absolute Gasteiger partial charge is 0.280 e. The monoisotopic (exact) mass is 396 g/mol. The Balaban J connectivity index is 1.26. The Kier molecular flexibility index (Phi) is 5.24. The molecular weight excluding hydrogens is 375 g/mol. The lowest BCUT2D eigenvalue weighted by Crippen LogP contribution is -2.49. The van der Waals surface area contributed by atoms with Gasteiger partial charge in [-0.25, -0.2) is 4.39 Å². The number of nitrogens with zero attached hydrogens (tertiary/aromatic N) is 4. The molecule has 29 heavy (non-hydrogen) atoms. The molecule has 7 nitrogen and oxygen atoms in total. The molecule has 0 bridgehead atoms. The van der Waals surface area contributed by atoms with Gasteiger partial charge < -0.3 is 9.80 Å². The summed E-state index contributed by atoms with van der Waals surface area (Å²) in [5, 5.41) is 0. The summed E-state index contributed by atoms with van der Waals surface area (Å²) in [6.07, 6.45) is 2.14. The number of hydrogen-bond donors (Lipinski definition) is 0. The van der Waals surface area contributed by atoms with E-state index in [0.29, 0.717) is 43.9 Å². The van der Waals surface area contributed by atoms with Crippen molar-refractivity contribution in [2.24, 2.45) is 0 Å². The SMILES string of the molecule is O=C(CCCN1C(=O)c2cccnc2C1=O)N1CCN(c2ccccc2F)CC1. The molecule has 0 N–H and O–H groups in total. The zero-order valence-corrected chi connectivity index (χ0v) is 15.9. The minimum Gasteiger partial charge on any atom is -0.366 e. The van der Waals surface area contributed by atoms with Crippen molar-refractivity contribution < 1.29 is 18.8 Å². The van der Waals surface area contributed by atoms with Crippen LogP contribution in [0.4, 0.5) is 10.1 Å². The van der Waals surface area contributed by atoms with E-state index in [1.807, 2.05) is 4.90 Å². The highest BCUT2D eigenvalue weighted by molar-refractivity contribution is 6.20. The number of carbonyl (C=O) groups is 3. The highest BCUT2D eigenvalue weighted by Crippen LogP contribution is 2.22. The molecule has 0 saturated carbocycles. The molecule has 4 rings (SSSR count). The summed E-state index contributed by atoms with van der Waals surface area (Å²) in [6, 6.07) is 9.83. The first-order valence-electron chi connectivity index (χ1n) is 9.64. The van der Waals surface area contributed by atoms with Crippen molar-refractivity contribution in [2.45, 2.75) is 12.8 Å². The number of imide groups is 1. The lowest BCUT2D eigenvalue weighted by Gasteiger charge is -2.36. The number of aromatic nitrogens is 1. The number of rotatable bonds is 5. The molecule has 0 spiro atoms. The van der Waals surface area contributed by atoms with Crippen molar-refractivity contribution in [3.05, 3.63) is 59.7 Å². The third-order valence-electron chi connectivity index (χ3n) is 5.33. The summed E-state index contributed by atoms with van der Waals surface area (Å²) in [6.45, 7) is 2.36. The summed E-state index contributed by atoms with van der Waals surface area (Å²) in [7, 11) is 0. The Morgan fingerprint density at radius 1 is 1.00 bits per heavy atom. The first-order chi connectivity index (χ1) is 14.1. The second-order valence-corrected chi connectivity index (χ2v) is 7.08. The van der Waals surface area contributed by atoms with Gasteiger partial charge in [0.25, 0.3) is 11.8 Å². The molecular formula is C21H21FN4O3. The molecule has 0 atom stereocenters. The predicted molar refractivity (Wildman–Crippen MR) is 104 cm³/mol. The zero-order chi connectivity index (χ0) is 20.4. The number of halogens is 1. The van der Waals surface area contributed by atoms with Crippen molar-refractivity contribution >= 4 is 23.4 Å². The molecule has 3 heterocycles. The number of fused-ring (bicyclic) bond motifs is 1. The molecule has 3 amide bonds. The molecule has 1 saturated heterocycles. The van der Waals surface area contributed by atoms with Gasteiger partial charge in [-0.3, -0.25) is 24.3 Å². The first-order valence-corrected chi connectivity index (χ1v) is 9.64. The van der Waals surface area contributed by atoms with Crippen LogP contribution in [0.3, 0.4) is 0 Å². The fourth-order valence-corrected chi connectivity index (χ4v) is 3.77. The summed E-state index contributed by atoms with van der Waals surface area (Å²) in [5.74, 6) is -1.05. The molecule has 0 aliphatic carbocycles. The Labute approximate surface area is 167 Å². The van der Waals surface area contributed by atoms with Crippen LogP contribution < -0.4 is 4.90 Å². The molecule has 1 fully saturated rings. The average molecular weight is 396 g/mol. The fraction of sp³-hybridized carbons (Fsp3) is 0.333. The number of benzene rings is 1. The van der Waals surface area contributed by atoms with E-state index < -0.39 is 5.91 Å². The highest BCUT2D eigenvalue weighted by Gasteiger charge is 2.36. The topological polar surface area (TPSA) is 73.8 Å². The Morgan fingerprint density at radius 3 is 2.48 bits per heavy atom. The van der Waals surface area contributed by atoms with E-state index in [-0.39, 0.29) is 36.3 Å². The van der Waals surface area contributed by atoms with Gasteiger partial charge >= 0.3 is 0 Å². The van der Waals surface area contributed by atoms with Crippen LogP contribution in [0.1, 0.15) is 33.7 Å². The second kappa shape index (κ2) is 7.98. The minimum atomic E-state index is -0.406. The van der Waals surface area contributed by atoms with Crippen LogP contribution in [0.2, 0.25) is 0 Å². The number of hydrogen-bond acceptors (Lipinski definition) is 5. The quantitative estimate of drug-likeness (QED) is 0.723. The summed E-state index contributed by atoms with van der Waals surface area (Å²) < 4.78 is 13.9. The van der Waals surface area contributed by atoms with Crippen molar-refractivity contribution in [1.82, 2.24) is 14.8 Å². The molecule has 0 radical (unpaired) electrons. The van der Waals surface area contributed by atoms with Crippen LogP contribution in [0.25, 0.3) is 0 Å². The fourth-order valence-electron chi connectivity index (χ4n) is 3.77.